The standard InChI is InChI=1S/C23H27N3O6S/c1-2-21(27)25-22-13-18-14-26(15-20(18)32-22)33(29,30)19-5-3-17(4-6-19)23(28)24-10-7-16-8-11-31-12-9-16/h2-6,13,16H,1,7-12,14-15H2,(H,24,28)(H,25,27). The monoisotopic (exact) mass is 473 g/mol. The maximum absolute atomic E-state index is 13.0. The Bertz CT molecular complexity index is 1110. The van der Waals surface area contributed by atoms with E-state index in [1.165, 1.54) is 28.6 Å². The molecule has 10 heteroatoms. The molecule has 0 saturated carbocycles. The zero-order valence-corrected chi connectivity index (χ0v) is 19.0. The predicted molar refractivity (Wildman–Crippen MR) is 121 cm³/mol. The molecule has 2 N–H and O–H groups in total. The fraction of sp³-hybridized carbons (Fsp3) is 0.391. The van der Waals surface area contributed by atoms with Gasteiger partial charge >= 0.3 is 0 Å². The molecular weight excluding hydrogens is 446 g/mol. The molecule has 4 rings (SSSR count). The molecule has 0 radical (unpaired) electrons. The van der Waals surface area contributed by atoms with E-state index in [1.54, 1.807) is 6.07 Å². The number of sulfonamides is 1. The van der Waals surface area contributed by atoms with E-state index in [9.17, 15) is 18.0 Å². The van der Waals surface area contributed by atoms with Gasteiger partial charge < -0.3 is 14.5 Å². The highest BCUT2D eigenvalue weighted by molar-refractivity contribution is 7.89. The Balaban J connectivity index is 1.33. The summed E-state index contributed by atoms with van der Waals surface area (Å²) >= 11 is 0. The third kappa shape index (κ3) is 5.35. The number of anilines is 1. The third-order valence-electron chi connectivity index (χ3n) is 5.93. The Morgan fingerprint density at radius 3 is 2.55 bits per heavy atom. The number of nitrogens with one attached hydrogen (secondary N) is 2. The second-order valence-corrected chi connectivity index (χ2v) is 10.1. The van der Waals surface area contributed by atoms with Crippen molar-refractivity contribution in [3.8, 4) is 0 Å². The highest BCUT2D eigenvalue weighted by atomic mass is 32.2. The molecule has 1 aromatic carbocycles. The lowest BCUT2D eigenvalue weighted by Gasteiger charge is -2.21. The Labute approximate surface area is 192 Å². The summed E-state index contributed by atoms with van der Waals surface area (Å²) in [5.41, 5.74) is 1.11. The average molecular weight is 474 g/mol. The molecule has 0 unspecified atom stereocenters. The van der Waals surface area contributed by atoms with E-state index in [1.807, 2.05) is 0 Å². The van der Waals surface area contributed by atoms with Gasteiger partial charge in [-0.05, 0) is 55.5 Å². The van der Waals surface area contributed by atoms with Crippen LogP contribution in [0.4, 0.5) is 5.88 Å². The molecule has 2 aliphatic rings. The van der Waals surface area contributed by atoms with Gasteiger partial charge in [-0.3, -0.25) is 14.9 Å². The zero-order valence-electron chi connectivity index (χ0n) is 18.2. The molecular formula is C23H27N3O6S. The summed E-state index contributed by atoms with van der Waals surface area (Å²) in [6, 6.07) is 7.54. The Morgan fingerprint density at radius 1 is 1.15 bits per heavy atom. The molecule has 176 valence electrons. The Morgan fingerprint density at radius 2 is 1.88 bits per heavy atom. The summed E-state index contributed by atoms with van der Waals surface area (Å²) in [6.45, 7) is 5.72. The number of amides is 2. The molecule has 2 amide bonds. The van der Waals surface area contributed by atoms with Crippen molar-refractivity contribution >= 4 is 27.7 Å². The van der Waals surface area contributed by atoms with Crippen molar-refractivity contribution in [2.24, 2.45) is 5.92 Å². The number of rotatable bonds is 8. The van der Waals surface area contributed by atoms with Gasteiger partial charge in [-0.1, -0.05) is 6.58 Å². The zero-order chi connectivity index (χ0) is 23.4. The molecule has 33 heavy (non-hydrogen) atoms. The van der Waals surface area contributed by atoms with Crippen LogP contribution in [0.3, 0.4) is 0 Å². The minimum Gasteiger partial charge on any atom is -0.444 e. The van der Waals surface area contributed by atoms with E-state index in [4.69, 9.17) is 9.15 Å². The Hall–Kier alpha value is -2.95. The van der Waals surface area contributed by atoms with E-state index < -0.39 is 15.9 Å². The number of carbonyl (C=O) groups excluding carboxylic acids is 2. The second kappa shape index (κ2) is 9.90. The van der Waals surface area contributed by atoms with Crippen LogP contribution >= 0.6 is 0 Å². The van der Waals surface area contributed by atoms with Gasteiger partial charge in [0.15, 0.2) is 5.88 Å². The second-order valence-electron chi connectivity index (χ2n) is 8.15. The van der Waals surface area contributed by atoms with Gasteiger partial charge in [-0.2, -0.15) is 4.31 Å². The number of furan rings is 1. The third-order valence-corrected chi connectivity index (χ3v) is 7.73. The smallest absolute Gasteiger partial charge is 0.251 e. The van der Waals surface area contributed by atoms with E-state index in [0.29, 0.717) is 29.3 Å². The van der Waals surface area contributed by atoms with Crippen LogP contribution in [0.5, 0.6) is 0 Å². The highest BCUT2D eigenvalue weighted by Crippen LogP contribution is 2.32. The van der Waals surface area contributed by atoms with Gasteiger partial charge in [-0.25, -0.2) is 8.42 Å². The lowest BCUT2D eigenvalue weighted by molar-refractivity contribution is -0.112. The van der Waals surface area contributed by atoms with Crippen LogP contribution in [-0.4, -0.2) is 44.3 Å². The summed E-state index contributed by atoms with van der Waals surface area (Å²) in [4.78, 5) is 23.9. The lowest BCUT2D eigenvalue weighted by Crippen LogP contribution is -2.28. The van der Waals surface area contributed by atoms with Gasteiger partial charge in [0.2, 0.25) is 15.9 Å². The first-order valence-electron chi connectivity index (χ1n) is 10.9. The van der Waals surface area contributed by atoms with Crippen LogP contribution in [0, 0.1) is 5.92 Å². The topological polar surface area (TPSA) is 118 Å². The summed E-state index contributed by atoms with van der Waals surface area (Å²) in [7, 11) is -3.76. The fourth-order valence-corrected chi connectivity index (χ4v) is 5.37. The number of nitrogens with zero attached hydrogens (tertiary/aromatic N) is 1. The molecule has 2 aliphatic heterocycles. The molecule has 0 aliphatic carbocycles. The summed E-state index contributed by atoms with van der Waals surface area (Å²) in [6.07, 6.45) is 4.07. The molecule has 0 bridgehead atoms. The van der Waals surface area contributed by atoms with Crippen molar-refractivity contribution in [1.29, 1.82) is 0 Å². The average Bonchev–Trinajstić information content (AvgIpc) is 3.39. The predicted octanol–water partition coefficient (Wildman–Crippen LogP) is 2.66. The van der Waals surface area contributed by atoms with Crippen LogP contribution in [-0.2, 0) is 32.6 Å². The summed E-state index contributed by atoms with van der Waals surface area (Å²) < 4.78 is 38.2. The van der Waals surface area contributed by atoms with Crippen molar-refractivity contribution in [3.05, 3.63) is 59.9 Å². The van der Waals surface area contributed by atoms with Crippen LogP contribution in [0.1, 0.15) is 40.9 Å². The first kappa shape index (κ1) is 23.2. The molecule has 0 atom stereocenters. The van der Waals surface area contributed by atoms with Gasteiger partial charge in [-0.15, -0.1) is 0 Å². The maximum atomic E-state index is 13.0. The van der Waals surface area contributed by atoms with E-state index in [2.05, 4.69) is 17.2 Å². The van der Waals surface area contributed by atoms with E-state index in [0.717, 1.165) is 38.6 Å². The SMILES string of the molecule is C=CC(=O)Nc1cc2c(o1)CN(S(=O)(=O)c1ccc(C(=O)NCCC3CCOCC3)cc1)C2. The minimum absolute atomic E-state index is 0.0655. The first-order chi connectivity index (χ1) is 15.9. The lowest BCUT2D eigenvalue weighted by atomic mass is 9.97. The van der Waals surface area contributed by atoms with Gasteiger partial charge in [0.05, 0.1) is 11.4 Å². The maximum Gasteiger partial charge on any atom is 0.251 e. The molecule has 2 aromatic rings. The highest BCUT2D eigenvalue weighted by Gasteiger charge is 2.33. The number of benzene rings is 1. The van der Waals surface area contributed by atoms with Gasteiger partial charge in [0.1, 0.15) is 5.76 Å². The van der Waals surface area contributed by atoms with Crippen LogP contribution in [0.2, 0.25) is 0 Å². The van der Waals surface area contributed by atoms with Crippen molar-refractivity contribution in [2.75, 3.05) is 25.1 Å². The first-order valence-corrected chi connectivity index (χ1v) is 12.3. The van der Waals surface area contributed by atoms with E-state index in [-0.39, 0.29) is 29.8 Å². The van der Waals surface area contributed by atoms with Gasteiger partial charge in [0.25, 0.3) is 5.91 Å². The fourth-order valence-electron chi connectivity index (χ4n) is 4.00. The largest absolute Gasteiger partial charge is 0.444 e. The molecule has 1 fully saturated rings. The normalized spacial score (nSPS) is 16.8. The summed E-state index contributed by atoms with van der Waals surface area (Å²) in [5, 5.41) is 5.42. The molecule has 1 aromatic heterocycles. The van der Waals surface area contributed by atoms with Crippen molar-refractivity contribution in [2.45, 2.75) is 37.2 Å². The molecule has 3 heterocycles. The molecule has 9 nitrogen and oxygen atoms in total. The van der Waals surface area contributed by atoms with Crippen LogP contribution < -0.4 is 10.6 Å². The number of ether oxygens (including phenoxy) is 1. The molecule has 1 saturated heterocycles. The summed E-state index contributed by atoms with van der Waals surface area (Å²) in [5.74, 6) is 0.683. The minimum atomic E-state index is -3.76. The van der Waals surface area contributed by atoms with Crippen LogP contribution in [0.15, 0.2) is 52.3 Å². The number of hydrogen-bond acceptors (Lipinski definition) is 6. The Kier molecular flexibility index (Phi) is 6.96. The number of carbonyl (C=O) groups is 2. The van der Waals surface area contributed by atoms with E-state index >= 15 is 0 Å². The van der Waals surface area contributed by atoms with Crippen molar-refractivity contribution in [3.63, 3.8) is 0 Å². The number of hydrogen-bond donors (Lipinski definition) is 2. The number of fused-ring (bicyclic) bond motifs is 1. The van der Waals surface area contributed by atoms with Crippen molar-refractivity contribution < 1.29 is 27.2 Å². The molecule has 0 spiro atoms. The quantitative estimate of drug-likeness (QED) is 0.569. The van der Waals surface area contributed by atoms with Crippen LogP contribution in [0.25, 0.3) is 0 Å². The van der Waals surface area contributed by atoms with Gasteiger partial charge in [0, 0.05) is 43.5 Å². The van der Waals surface area contributed by atoms with Crippen molar-refractivity contribution in [1.82, 2.24) is 9.62 Å².